The van der Waals surface area contributed by atoms with Crippen LogP contribution in [0.2, 0.25) is 5.15 Å². The van der Waals surface area contributed by atoms with E-state index in [1.54, 1.807) is 5.51 Å². The summed E-state index contributed by atoms with van der Waals surface area (Å²) in [6, 6.07) is 0. The second kappa shape index (κ2) is 4.34. The molecule has 16 heavy (non-hydrogen) atoms. The van der Waals surface area contributed by atoms with Gasteiger partial charge in [0.05, 0.1) is 5.51 Å². The monoisotopic (exact) mass is 258 g/mol. The van der Waals surface area contributed by atoms with E-state index in [1.165, 1.54) is 17.8 Å². The highest BCUT2D eigenvalue weighted by Gasteiger charge is 2.35. The van der Waals surface area contributed by atoms with Crippen LogP contribution in [0.3, 0.4) is 0 Å². The number of amides is 1. The van der Waals surface area contributed by atoms with Gasteiger partial charge in [-0.25, -0.2) is 4.98 Å². The number of carbonyl (C=O) groups excluding carboxylic acids is 1. The number of hydrogen-bond donors (Lipinski definition) is 1. The maximum absolute atomic E-state index is 12.0. The Morgan fingerprint density at radius 1 is 1.75 bits per heavy atom. The summed E-state index contributed by atoms with van der Waals surface area (Å²) in [5.41, 5.74) is 1.51. The van der Waals surface area contributed by atoms with E-state index in [2.05, 4.69) is 24.1 Å². The molecule has 1 N–H and O–H groups in total. The van der Waals surface area contributed by atoms with Crippen LogP contribution in [0.4, 0.5) is 0 Å². The fourth-order valence-corrected chi connectivity index (χ4v) is 3.26. The Kier molecular flexibility index (Phi) is 3.22. The fraction of sp³-hybridized carbons (Fsp3) is 0.636. The van der Waals surface area contributed by atoms with Gasteiger partial charge in [-0.2, -0.15) is 0 Å². The first-order valence-electron chi connectivity index (χ1n) is 5.42. The number of carbonyl (C=O) groups is 1. The molecule has 1 aliphatic rings. The standard InChI is InChI=1S/C11H15ClN2OS/c1-7-3-4-11(2,5-7)14-10(15)8-9(12)13-6-16-8/h6-7H,3-5H2,1-2H3,(H,14,15). The van der Waals surface area contributed by atoms with Crippen molar-refractivity contribution < 1.29 is 4.79 Å². The molecule has 1 amide bonds. The lowest BCUT2D eigenvalue weighted by molar-refractivity contribution is 0.0911. The van der Waals surface area contributed by atoms with Gasteiger partial charge < -0.3 is 5.32 Å². The van der Waals surface area contributed by atoms with E-state index in [0.29, 0.717) is 15.9 Å². The third kappa shape index (κ3) is 2.38. The van der Waals surface area contributed by atoms with Crippen LogP contribution in [-0.4, -0.2) is 16.4 Å². The van der Waals surface area contributed by atoms with Crippen LogP contribution in [0.25, 0.3) is 0 Å². The highest BCUT2D eigenvalue weighted by Crippen LogP contribution is 2.34. The van der Waals surface area contributed by atoms with E-state index in [0.717, 1.165) is 12.8 Å². The van der Waals surface area contributed by atoms with E-state index < -0.39 is 0 Å². The quantitative estimate of drug-likeness (QED) is 0.886. The molecule has 88 valence electrons. The van der Waals surface area contributed by atoms with Crippen molar-refractivity contribution in [2.24, 2.45) is 5.92 Å². The largest absolute Gasteiger partial charge is 0.346 e. The first-order valence-corrected chi connectivity index (χ1v) is 6.67. The van der Waals surface area contributed by atoms with Gasteiger partial charge in [0.2, 0.25) is 0 Å². The summed E-state index contributed by atoms with van der Waals surface area (Å²) in [6.45, 7) is 4.32. The van der Waals surface area contributed by atoms with Crippen LogP contribution >= 0.6 is 22.9 Å². The summed E-state index contributed by atoms with van der Waals surface area (Å²) in [7, 11) is 0. The van der Waals surface area contributed by atoms with Gasteiger partial charge in [0.15, 0.2) is 5.15 Å². The Morgan fingerprint density at radius 3 is 3.00 bits per heavy atom. The summed E-state index contributed by atoms with van der Waals surface area (Å²) < 4.78 is 0. The van der Waals surface area contributed by atoms with Crippen molar-refractivity contribution in [2.75, 3.05) is 0 Å². The second-order valence-corrected chi connectivity index (χ2v) is 6.05. The van der Waals surface area contributed by atoms with Crippen molar-refractivity contribution >= 4 is 28.8 Å². The molecule has 3 nitrogen and oxygen atoms in total. The zero-order valence-corrected chi connectivity index (χ0v) is 11.0. The molecule has 0 bridgehead atoms. The smallest absolute Gasteiger partial charge is 0.265 e. The van der Waals surface area contributed by atoms with Gasteiger partial charge in [-0.3, -0.25) is 4.79 Å². The van der Waals surface area contributed by atoms with Crippen LogP contribution in [0, 0.1) is 5.92 Å². The van der Waals surface area contributed by atoms with Gasteiger partial charge in [0, 0.05) is 5.54 Å². The first-order chi connectivity index (χ1) is 7.50. The third-order valence-corrected chi connectivity index (χ3v) is 4.36. The van der Waals surface area contributed by atoms with Crippen molar-refractivity contribution in [3.8, 4) is 0 Å². The molecule has 1 aromatic rings. The van der Waals surface area contributed by atoms with Gasteiger partial charge in [0.1, 0.15) is 4.88 Å². The molecule has 0 spiro atoms. The third-order valence-electron chi connectivity index (χ3n) is 3.13. The molecule has 5 heteroatoms. The fourth-order valence-electron chi connectivity index (χ4n) is 2.36. The molecule has 1 heterocycles. The molecule has 2 atom stereocenters. The molecule has 2 unspecified atom stereocenters. The van der Waals surface area contributed by atoms with Crippen LogP contribution < -0.4 is 5.32 Å². The van der Waals surface area contributed by atoms with Crippen molar-refractivity contribution in [1.29, 1.82) is 0 Å². The predicted molar refractivity (Wildman–Crippen MR) is 66.0 cm³/mol. The van der Waals surface area contributed by atoms with Gasteiger partial charge in [-0.05, 0) is 32.1 Å². The van der Waals surface area contributed by atoms with Crippen molar-refractivity contribution in [2.45, 2.75) is 38.6 Å². The molecule has 1 aromatic heterocycles. The maximum Gasteiger partial charge on any atom is 0.265 e. The number of thiazole rings is 1. The Morgan fingerprint density at radius 2 is 2.50 bits per heavy atom. The summed E-state index contributed by atoms with van der Waals surface area (Å²) in [5, 5.41) is 3.38. The van der Waals surface area contributed by atoms with Gasteiger partial charge in [0.25, 0.3) is 5.91 Å². The average molecular weight is 259 g/mol. The number of nitrogens with one attached hydrogen (secondary N) is 1. The predicted octanol–water partition coefficient (Wildman–Crippen LogP) is 3.11. The Balaban J connectivity index is 2.06. The molecule has 1 aliphatic carbocycles. The van der Waals surface area contributed by atoms with Crippen LogP contribution in [0.15, 0.2) is 5.51 Å². The highest BCUT2D eigenvalue weighted by molar-refractivity contribution is 7.12. The number of rotatable bonds is 2. The van der Waals surface area contributed by atoms with Gasteiger partial charge in [-0.15, -0.1) is 11.3 Å². The van der Waals surface area contributed by atoms with Crippen LogP contribution in [-0.2, 0) is 0 Å². The average Bonchev–Trinajstić information content (AvgIpc) is 2.73. The summed E-state index contributed by atoms with van der Waals surface area (Å²) in [5.74, 6) is 0.589. The minimum atomic E-state index is -0.0934. The lowest BCUT2D eigenvalue weighted by Gasteiger charge is -2.25. The summed E-state index contributed by atoms with van der Waals surface area (Å²) in [4.78, 5) is 16.4. The normalized spacial score (nSPS) is 29.3. The van der Waals surface area contributed by atoms with E-state index in [9.17, 15) is 4.79 Å². The zero-order chi connectivity index (χ0) is 11.8. The summed E-state index contributed by atoms with van der Waals surface area (Å²) >= 11 is 7.12. The molecule has 0 saturated heterocycles. The van der Waals surface area contributed by atoms with E-state index in [1.807, 2.05) is 0 Å². The maximum atomic E-state index is 12.0. The van der Waals surface area contributed by atoms with Crippen LogP contribution in [0.1, 0.15) is 42.8 Å². The minimum Gasteiger partial charge on any atom is -0.346 e. The van der Waals surface area contributed by atoms with Crippen molar-refractivity contribution in [3.05, 3.63) is 15.5 Å². The molecule has 0 aromatic carbocycles. The molecular formula is C11H15ClN2OS. The highest BCUT2D eigenvalue weighted by atomic mass is 35.5. The Labute approximate surface area is 104 Å². The van der Waals surface area contributed by atoms with E-state index in [4.69, 9.17) is 11.6 Å². The second-order valence-electron chi connectivity index (χ2n) is 4.84. The van der Waals surface area contributed by atoms with Gasteiger partial charge >= 0.3 is 0 Å². The first kappa shape index (κ1) is 11.9. The Bertz CT molecular complexity index is 406. The van der Waals surface area contributed by atoms with E-state index >= 15 is 0 Å². The summed E-state index contributed by atoms with van der Waals surface area (Å²) in [6.07, 6.45) is 3.25. The molecule has 0 aliphatic heterocycles. The van der Waals surface area contributed by atoms with Crippen LogP contribution in [0.5, 0.6) is 0 Å². The van der Waals surface area contributed by atoms with Crippen molar-refractivity contribution in [3.63, 3.8) is 0 Å². The number of nitrogens with zero attached hydrogens (tertiary/aromatic N) is 1. The lowest BCUT2D eigenvalue weighted by atomic mass is 9.99. The van der Waals surface area contributed by atoms with Crippen molar-refractivity contribution in [1.82, 2.24) is 10.3 Å². The molecule has 1 saturated carbocycles. The lowest BCUT2D eigenvalue weighted by Crippen LogP contribution is -2.43. The van der Waals surface area contributed by atoms with Gasteiger partial charge in [-0.1, -0.05) is 18.5 Å². The number of halogens is 1. The topological polar surface area (TPSA) is 42.0 Å². The SMILES string of the molecule is CC1CCC(C)(NC(=O)c2scnc2Cl)C1. The zero-order valence-electron chi connectivity index (χ0n) is 9.42. The minimum absolute atomic E-state index is 0.0795. The number of hydrogen-bond acceptors (Lipinski definition) is 3. The van der Waals surface area contributed by atoms with E-state index in [-0.39, 0.29) is 11.4 Å². The molecule has 0 radical (unpaired) electrons. The number of aromatic nitrogens is 1. The molecular weight excluding hydrogens is 244 g/mol. The Hall–Kier alpha value is -0.610. The molecule has 2 rings (SSSR count). The molecule has 1 fully saturated rings.